The second kappa shape index (κ2) is 4.83. The van der Waals surface area contributed by atoms with Crippen LogP contribution in [-0.4, -0.2) is 29.9 Å². The third-order valence-corrected chi connectivity index (χ3v) is 2.74. The number of nitrogens with zero attached hydrogens (tertiary/aromatic N) is 2. The van der Waals surface area contributed by atoms with Crippen molar-refractivity contribution in [3.05, 3.63) is 36.0 Å². The summed E-state index contributed by atoms with van der Waals surface area (Å²) in [6.45, 7) is 1.94. The molecule has 1 aliphatic heterocycles. The van der Waals surface area contributed by atoms with Gasteiger partial charge in [-0.15, -0.1) is 0 Å². The Morgan fingerprint density at radius 1 is 1.39 bits per heavy atom. The van der Waals surface area contributed by atoms with Crippen molar-refractivity contribution in [3.8, 4) is 11.4 Å². The quantitative estimate of drug-likeness (QED) is 0.874. The smallest absolute Gasteiger partial charge is 0.246 e. The van der Waals surface area contributed by atoms with Crippen LogP contribution in [0.1, 0.15) is 11.9 Å². The Kier molecular flexibility index (Phi) is 3.04. The van der Waals surface area contributed by atoms with E-state index in [0.717, 1.165) is 6.54 Å². The average molecular weight is 249 g/mol. The highest BCUT2D eigenvalue weighted by molar-refractivity contribution is 5.53. The third-order valence-electron chi connectivity index (χ3n) is 2.74. The van der Waals surface area contributed by atoms with Gasteiger partial charge in [-0.1, -0.05) is 17.3 Å². The van der Waals surface area contributed by atoms with Crippen LogP contribution in [0.15, 0.2) is 28.8 Å². The Hall–Kier alpha value is -1.79. The van der Waals surface area contributed by atoms with Crippen molar-refractivity contribution in [2.24, 2.45) is 0 Å². The topological polar surface area (TPSA) is 60.2 Å². The zero-order valence-corrected chi connectivity index (χ0v) is 9.60. The fourth-order valence-corrected chi connectivity index (χ4v) is 1.85. The van der Waals surface area contributed by atoms with E-state index in [1.807, 2.05) is 0 Å². The van der Waals surface area contributed by atoms with E-state index >= 15 is 0 Å². The van der Waals surface area contributed by atoms with Gasteiger partial charge in [0.05, 0.1) is 13.2 Å². The summed E-state index contributed by atoms with van der Waals surface area (Å²) in [4.78, 5) is 4.26. The molecule has 5 nitrogen and oxygen atoms in total. The monoisotopic (exact) mass is 249 g/mol. The molecule has 1 aromatic carbocycles. The second-order valence-electron chi connectivity index (χ2n) is 4.05. The molecule has 1 unspecified atom stereocenters. The zero-order chi connectivity index (χ0) is 12.4. The van der Waals surface area contributed by atoms with Gasteiger partial charge in [0.25, 0.3) is 0 Å². The van der Waals surface area contributed by atoms with Gasteiger partial charge in [0.15, 0.2) is 0 Å². The summed E-state index contributed by atoms with van der Waals surface area (Å²) in [5, 5.41) is 7.07. The molecule has 6 heteroatoms. The molecule has 94 valence electrons. The van der Waals surface area contributed by atoms with E-state index < -0.39 is 0 Å². The van der Waals surface area contributed by atoms with Crippen molar-refractivity contribution in [1.29, 1.82) is 0 Å². The lowest BCUT2D eigenvalue weighted by Gasteiger charge is -2.20. The number of benzene rings is 1. The molecule has 0 saturated carbocycles. The van der Waals surface area contributed by atoms with Crippen LogP contribution in [0.5, 0.6) is 0 Å². The van der Waals surface area contributed by atoms with Crippen molar-refractivity contribution in [2.45, 2.75) is 6.04 Å². The first-order valence-electron chi connectivity index (χ1n) is 5.73. The van der Waals surface area contributed by atoms with E-state index in [0.29, 0.717) is 30.5 Å². The molecular formula is C12H12FN3O2. The molecule has 0 aliphatic carbocycles. The number of hydrogen-bond acceptors (Lipinski definition) is 5. The molecule has 0 bridgehead atoms. The summed E-state index contributed by atoms with van der Waals surface area (Å²) < 4.78 is 23.6. The van der Waals surface area contributed by atoms with E-state index in [1.165, 1.54) is 12.1 Å². The number of halogens is 1. The fourth-order valence-electron chi connectivity index (χ4n) is 1.85. The van der Waals surface area contributed by atoms with Crippen LogP contribution in [0, 0.1) is 5.82 Å². The number of rotatable bonds is 2. The Bertz CT molecular complexity index is 538. The molecule has 0 radical (unpaired) electrons. The van der Waals surface area contributed by atoms with Gasteiger partial charge in [-0.3, -0.25) is 0 Å². The molecule has 2 heterocycles. The maximum Gasteiger partial charge on any atom is 0.246 e. The van der Waals surface area contributed by atoms with Gasteiger partial charge < -0.3 is 14.6 Å². The largest absolute Gasteiger partial charge is 0.378 e. The number of hydrogen-bond donors (Lipinski definition) is 1. The maximum atomic E-state index is 13.1. The molecule has 1 atom stereocenters. The van der Waals surface area contributed by atoms with Gasteiger partial charge in [0.1, 0.15) is 11.9 Å². The normalized spacial score (nSPS) is 19.9. The van der Waals surface area contributed by atoms with Crippen LogP contribution in [-0.2, 0) is 4.74 Å². The minimum Gasteiger partial charge on any atom is -0.378 e. The Morgan fingerprint density at radius 3 is 3.11 bits per heavy atom. The summed E-state index contributed by atoms with van der Waals surface area (Å²) in [5.74, 6) is 0.531. The van der Waals surface area contributed by atoms with Crippen molar-refractivity contribution in [3.63, 3.8) is 0 Å². The molecule has 3 rings (SSSR count). The summed E-state index contributed by atoms with van der Waals surface area (Å²) in [6.07, 6.45) is 0. The number of nitrogens with one attached hydrogen (secondary N) is 1. The van der Waals surface area contributed by atoms with Gasteiger partial charge in [-0.2, -0.15) is 4.98 Å². The molecule has 0 spiro atoms. The molecule has 1 fully saturated rings. The van der Waals surface area contributed by atoms with Crippen molar-refractivity contribution in [2.75, 3.05) is 19.8 Å². The fraction of sp³-hybridized carbons (Fsp3) is 0.333. The Morgan fingerprint density at radius 2 is 2.33 bits per heavy atom. The van der Waals surface area contributed by atoms with Crippen molar-refractivity contribution >= 4 is 0 Å². The first-order valence-corrected chi connectivity index (χ1v) is 5.73. The minimum atomic E-state index is -0.321. The zero-order valence-electron chi connectivity index (χ0n) is 9.60. The van der Waals surface area contributed by atoms with Crippen LogP contribution in [0.25, 0.3) is 11.4 Å². The summed E-state index contributed by atoms with van der Waals surface area (Å²) in [6, 6.07) is 6.01. The lowest BCUT2D eigenvalue weighted by molar-refractivity contribution is 0.0659. The van der Waals surface area contributed by atoms with Gasteiger partial charge in [0, 0.05) is 12.1 Å². The van der Waals surface area contributed by atoms with Crippen LogP contribution < -0.4 is 5.32 Å². The minimum absolute atomic E-state index is 0.0893. The molecule has 2 aromatic rings. The van der Waals surface area contributed by atoms with Gasteiger partial charge >= 0.3 is 0 Å². The van der Waals surface area contributed by atoms with Gasteiger partial charge in [0.2, 0.25) is 11.7 Å². The lowest BCUT2D eigenvalue weighted by atomic mass is 10.2. The average Bonchev–Trinajstić information content (AvgIpc) is 2.89. The van der Waals surface area contributed by atoms with Crippen molar-refractivity contribution in [1.82, 2.24) is 15.5 Å². The van der Waals surface area contributed by atoms with Crippen LogP contribution in [0.4, 0.5) is 4.39 Å². The van der Waals surface area contributed by atoms with E-state index in [2.05, 4.69) is 15.5 Å². The highest BCUT2D eigenvalue weighted by atomic mass is 19.1. The first-order chi connectivity index (χ1) is 8.83. The summed E-state index contributed by atoms with van der Waals surface area (Å²) in [5.41, 5.74) is 0.599. The van der Waals surface area contributed by atoms with Crippen molar-refractivity contribution < 1.29 is 13.7 Å². The molecule has 0 amide bonds. The molecule has 1 N–H and O–H groups in total. The van der Waals surface area contributed by atoms with E-state index in [4.69, 9.17) is 9.26 Å². The number of morpholine rings is 1. The van der Waals surface area contributed by atoms with E-state index in [-0.39, 0.29) is 11.9 Å². The molecular weight excluding hydrogens is 237 g/mol. The first kappa shape index (κ1) is 11.3. The Balaban J connectivity index is 1.84. The summed E-state index contributed by atoms with van der Waals surface area (Å²) in [7, 11) is 0. The Labute approximate surface area is 103 Å². The van der Waals surface area contributed by atoms with Crippen LogP contribution >= 0.6 is 0 Å². The standard InChI is InChI=1S/C12H12FN3O2/c13-9-3-1-2-8(6-9)11-15-12(18-16-11)10-7-17-5-4-14-10/h1-3,6,10,14H,4-5,7H2. The molecule has 18 heavy (non-hydrogen) atoms. The predicted molar refractivity (Wildman–Crippen MR) is 61.3 cm³/mol. The number of ether oxygens (including phenoxy) is 1. The summed E-state index contributed by atoms with van der Waals surface area (Å²) >= 11 is 0. The molecule has 1 aromatic heterocycles. The van der Waals surface area contributed by atoms with E-state index in [9.17, 15) is 4.39 Å². The van der Waals surface area contributed by atoms with E-state index in [1.54, 1.807) is 12.1 Å². The highest BCUT2D eigenvalue weighted by Crippen LogP contribution is 2.20. The second-order valence-corrected chi connectivity index (χ2v) is 4.05. The van der Waals surface area contributed by atoms with Crippen LogP contribution in [0.2, 0.25) is 0 Å². The molecule has 1 saturated heterocycles. The van der Waals surface area contributed by atoms with Gasteiger partial charge in [-0.05, 0) is 12.1 Å². The maximum absolute atomic E-state index is 13.1. The lowest BCUT2D eigenvalue weighted by Crippen LogP contribution is -2.34. The molecule has 1 aliphatic rings. The van der Waals surface area contributed by atoms with Crippen LogP contribution in [0.3, 0.4) is 0 Å². The third kappa shape index (κ3) is 2.25. The number of aromatic nitrogens is 2. The highest BCUT2D eigenvalue weighted by Gasteiger charge is 2.21. The van der Waals surface area contributed by atoms with Gasteiger partial charge in [-0.25, -0.2) is 4.39 Å². The SMILES string of the molecule is Fc1cccc(-c2noc(C3COCCN3)n2)c1. The predicted octanol–water partition coefficient (Wildman–Crippen LogP) is 1.54.